The third kappa shape index (κ3) is 4.89. The molecule has 0 fully saturated rings. The molecule has 0 spiro atoms. The van der Waals surface area contributed by atoms with E-state index in [0.29, 0.717) is 23.7 Å². The van der Waals surface area contributed by atoms with Gasteiger partial charge < -0.3 is 14.8 Å². The Morgan fingerprint density at radius 1 is 1.29 bits per heavy atom. The van der Waals surface area contributed by atoms with Gasteiger partial charge in [-0.25, -0.2) is 9.37 Å². The highest BCUT2D eigenvalue weighted by atomic mass is 32.1. The fourth-order valence-electron chi connectivity index (χ4n) is 3.16. The molecule has 1 N–H and O–H groups in total. The largest absolute Gasteiger partial charge is 0.482 e. The van der Waals surface area contributed by atoms with E-state index in [2.05, 4.69) is 10.3 Å². The van der Waals surface area contributed by atoms with Gasteiger partial charge in [-0.1, -0.05) is 0 Å². The van der Waals surface area contributed by atoms with Crippen molar-refractivity contribution in [1.82, 2.24) is 4.98 Å². The van der Waals surface area contributed by atoms with E-state index in [1.807, 2.05) is 11.4 Å². The van der Waals surface area contributed by atoms with Crippen LogP contribution in [0.5, 0.6) is 5.75 Å². The summed E-state index contributed by atoms with van der Waals surface area (Å²) in [6.45, 7) is 0.261. The molecule has 1 aliphatic rings. The number of anilines is 2. The normalized spacial score (nSPS) is 13.0. The van der Waals surface area contributed by atoms with Crippen LogP contribution in [0.25, 0.3) is 11.3 Å². The van der Waals surface area contributed by atoms with Crippen LogP contribution in [0.4, 0.5) is 15.8 Å². The van der Waals surface area contributed by atoms with Gasteiger partial charge in [0.1, 0.15) is 18.1 Å². The Bertz CT molecular complexity index is 1100. The van der Waals surface area contributed by atoms with E-state index in [1.54, 1.807) is 30.6 Å². The van der Waals surface area contributed by atoms with Crippen molar-refractivity contribution in [2.24, 2.45) is 0 Å². The van der Waals surface area contributed by atoms with Crippen molar-refractivity contribution >= 4 is 34.5 Å². The van der Waals surface area contributed by atoms with E-state index >= 15 is 0 Å². The van der Waals surface area contributed by atoms with Gasteiger partial charge in [-0.15, -0.1) is 11.3 Å². The van der Waals surface area contributed by atoms with Gasteiger partial charge in [0.2, 0.25) is 5.91 Å². The van der Waals surface area contributed by atoms with Crippen molar-refractivity contribution in [1.29, 1.82) is 0 Å². The number of halogens is 1. The lowest BCUT2D eigenvalue weighted by Gasteiger charge is -2.29. The fraction of sp³-hybridized carbons (Fsp3) is 0.227. The van der Waals surface area contributed by atoms with Crippen molar-refractivity contribution in [3.63, 3.8) is 0 Å². The number of benzene rings is 2. The molecule has 4 rings (SSSR count). The molecule has 0 saturated carbocycles. The smallest absolute Gasteiger partial charge is 0.265 e. The molecule has 0 radical (unpaired) electrons. The molecule has 0 unspecified atom stereocenters. The molecule has 1 aliphatic heterocycles. The first kappa shape index (κ1) is 21.0. The summed E-state index contributed by atoms with van der Waals surface area (Å²) in [5.74, 6) is -0.588. The minimum atomic E-state index is -0.395. The molecule has 7 nitrogen and oxygen atoms in total. The Labute approximate surface area is 182 Å². The van der Waals surface area contributed by atoms with Gasteiger partial charge in [-0.3, -0.25) is 14.5 Å². The number of nitrogens with one attached hydrogen (secondary N) is 1. The number of carbonyl (C=O) groups is 2. The van der Waals surface area contributed by atoms with Crippen LogP contribution in [0.1, 0.15) is 5.01 Å². The second-order valence-corrected chi connectivity index (χ2v) is 7.82. The van der Waals surface area contributed by atoms with E-state index in [-0.39, 0.29) is 19.1 Å². The zero-order valence-electron chi connectivity index (χ0n) is 16.8. The van der Waals surface area contributed by atoms with Gasteiger partial charge in [0, 0.05) is 30.2 Å². The summed E-state index contributed by atoms with van der Waals surface area (Å²) in [7, 11) is 1.65. The van der Waals surface area contributed by atoms with Crippen LogP contribution in [0.3, 0.4) is 0 Å². The number of amides is 2. The van der Waals surface area contributed by atoms with Crippen LogP contribution < -0.4 is 15.0 Å². The Kier molecular flexibility index (Phi) is 6.24. The molecule has 0 bridgehead atoms. The lowest BCUT2D eigenvalue weighted by molar-refractivity contribution is -0.123. The van der Waals surface area contributed by atoms with Crippen LogP contribution >= 0.6 is 11.3 Å². The van der Waals surface area contributed by atoms with Gasteiger partial charge in [-0.05, 0) is 42.5 Å². The maximum absolute atomic E-state index is 13.1. The summed E-state index contributed by atoms with van der Waals surface area (Å²) >= 11 is 1.54. The Hall–Kier alpha value is -3.30. The number of methoxy groups -OCH3 is 1. The third-order valence-electron chi connectivity index (χ3n) is 4.70. The number of thiazole rings is 1. The summed E-state index contributed by atoms with van der Waals surface area (Å²) < 4.78 is 23.7. The highest BCUT2D eigenvalue weighted by Crippen LogP contribution is 2.36. The number of hydrogen-bond acceptors (Lipinski definition) is 6. The molecule has 0 aliphatic carbocycles. The molecular weight excluding hydrogens is 421 g/mol. The van der Waals surface area contributed by atoms with Crippen molar-refractivity contribution in [3.05, 3.63) is 58.7 Å². The summed E-state index contributed by atoms with van der Waals surface area (Å²) in [6.07, 6.45) is 0.726. The topological polar surface area (TPSA) is 80.8 Å². The second kappa shape index (κ2) is 9.23. The standard InChI is InChI=1S/C22H20FN3O4S/c1-29-9-8-21-25-17(13-31-21)14-2-7-19-18(10-14)26(22(28)12-30-19)11-20(27)24-16-5-3-15(23)4-6-16/h2-7,10,13H,8-9,11-12H2,1H3,(H,24,27). The first-order valence-corrected chi connectivity index (χ1v) is 10.5. The van der Waals surface area contributed by atoms with Crippen molar-refractivity contribution in [3.8, 4) is 17.0 Å². The number of nitrogens with zero attached hydrogens (tertiary/aromatic N) is 2. The van der Waals surface area contributed by atoms with Crippen molar-refractivity contribution in [2.75, 3.05) is 37.1 Å². The zero-order chi connectivity index (χ0) is 21.8. The van der Waals surface area contributed by atoms with Crippen LogP contribution in [0.15, 0.2) is 47.8 Å². The van der Waals surface area contributed by atoms with Crippen molar-refractivity contribution < 1.29 is 23.5 Å². The number of fused-ring (bicyclic) bond motifs is 1. The van der Waals surface area contributed by atoms with E-state index in [1.165, 1.54) is 29.2 Å². The minimum Gasteiger partial charge on any atom is -0.482 e. The number of hydrogen-bond donors (Lipinski definition) is 1. The first-order chi connectivity index (χ1) is 15.0. The Morgan fingerprint density at radius 2 is 2.10 bits per heavy atom. The summed E-state index contributed by atoms with van der Waals surface area (Å²) in [4.78, 5) is 31.0. The third-order valence-corrected chi connectivity index (χ3v) is 5.61. The summed E-state index contributed by atoms with van der Waals surface area (Å²) in [6, 6.07) is 10.9. The quantitative estimate of drug-likeness (QED) is 0.607. The Balaban J connectivity index is 1.54. The van der Waals surface area contributed by atoms with Crippen LogP contribution in [-0.2, 0) is 20.7 Å². The molecule has 0 atom stereocenters. The predicted octanol–water partition coefficient (Wildman–Crippen LogP) is 3.50. The van der Waals surface area contributed by atoms with Gasteiger partial charge in [-0.2, -0.15) is 0 Å². The maximum atomic E-state index is 13.1. The fourth-order valence-corrected chi connectivity index (χ4v) is 3.95. The minimum absolute atomic E-state index is 0.145. The lowest BCUT2D eigenvalue weighted by Crippen LogP contribution is -2.43. The second-order valence-electron chi connectivity index (χ2n) is 6.88. The molecule has 31 heavy (non-hydrogen) atoms. The summed E-state index contributed by atoms with van der Waals surface area (Å²) in [5, 5.41) is 5.58. The summed E-state index contributed by atoms with van der Waals surface area (Å²) in [5.41, 5.74) is 2.56. The number of rotatable bonds is 7. The average Bonchev–Trinajstić information content (AvgIpc) is 3.24. The highest BCUT2D eigenvalue weighted by Gasteiger charge is 2.28. The highest BCUT2D eigenvalue weighted by molar-refractivity contribution is 7.09. The van der Waals surface area contributed by atoms with Crippen molar-refractivity contribution in [2.45, 2.75) is 6.42 Å². The van der Waals surface area contributed by atoms with Crippen LogP contribution in [0.2, 0.25) is 0 Å². The number of ether oxygens (including phenoxy) is 2. The number of aromatic nitrogens is 1. The first-order valence-electron chi connectivity index (χ1n) is 9.60. The molecule has 2 aromatic carbocycles. The van der Waals surface area contributed by atoms with Gasteiger partial charge in [0.15, 0.2) is 6.61 Å². The molecule has 1 aromatic heterocycles. The predicted molar refractivity (Wildman–Crippen MR) is 116 cm³/mol. The van der Waals surface area contributed by atoms with Crippen LogP contribution in [0, 0.1) is 5.82 Å². The molecule has 3 aromatic rings. The molecule has 0 saturated heterocycles. The molecular formula is C22H20FN3O4S. The van der Waals surface area contributed by atoms with Gasteiger partial charge in [0.05, 0.1) is 23.0 Å². The Morgan fingerprint density at radius 3 is 2.87 bits per heavy atom. The van der Waals surface area contributed by atoms with E-state index in [9.17, 15) is 14.0 Å². The van der Waals surface area contributed by atoms with Crippen LogP contribution in [-0.4, -0.2) is 43.7 Å². The molecule has 2 amide bonds. The monoisotopic (exact) mass is 441 g/mol. The molecule has 160 valence electrons. The van der Waals surface area contributed by atoms with Gasteiger partial charge >= 0.3 is 0 Å². The van der Waals surface area contributed by atoms with E-state index < -0.39 is 11.7 Å². The zero-order valence-corrected chi connectivity index (χ0v) is 17.6. The van der Waals surface area contributed by atoms with Gasteiger partial charge in [0.25, 0.3) is 5.91 Å². The molecule has 9 heteroatoms. The van der Waals surface area contributed by atoms with E-state index in [0.717, 1.165) is 22.7 Å². The lowest BCUT2D eigenvalue weighted by atomic mass is 10.1. The molecule has 2 heterocycles. The number of carbonyl (C=O) groups excluding carboxylic acids is 2. The van der Waals surface area contributed by atoms with E-state index in [4.69, 9.17) is 9.47 Å². The maximum Gasteiger partial charge on any atom is 0.265 e. The average molecular weight is 441 g/mol. The SMILES string of the molecule is COCCc1nc(-c2ccc3c(c2)N(CC(=O)Nc2ccc(F)cc2)C(=O)CO3)cs1.